The van der Waals surface area contributed by atoms with Gasteiger partial charge in [-0.15, -0.1) is 0 Å². The van der Waals surface area contributed by atoms with Crippen molar-refractivity contribution in [2.24, 2.45) is 0 Å². The second-order valence-corrected chi connectivity index (χ2v) is 8.82. The Hall–Kier alpha value is -3.58. The van der Waals surface area contributed by atoms with Crippen LogP contribution in [0.2, 0.25) is 5.02 Å². The third-order valence-electron chi connectivity index (χ3n) is 5.35. The number of hydrogen-bond acceptors (Lipinski definition) is 6. The van der Waals surface area contributed by atoms with Crippen LogP contribution in [0.4, 0.5) is 0 Å². The van der Waals surface area contributed by atoms with Gasteiger partial charge in [-0.1, -0.05) is 43.6 Å². The predicted octanol–water partition coefficient (Wildman–Crippen LogP) is 5.37. The second kappa shape index (κ2) is 9.73. The molecule has 0 saturated heterocycles. The van der Waals surface area contributed by atoms with Crippen LogP contribution in [0.5, 0.6) is 5.88 Å². The Morgan fingerprint density at radius 3 is 2.53 bits per heavy atom. The SMILES string of the molecule is Cc1cccc(COc2nc(C)n(-c3cccc(-c4nc(C(C)C)ncc4C)c3)c(=O)c2Cl)n1. The van der Waals surface area contributed by atoms with Crippen LogP contribution in [0.1, 0.15) is 48.4 Å². The van der Waals surface area contributed by atoms with E-state index in [1.807, 2.05) is 62.5 Å². The van der Waals surface area contributed by atoms with Gasteiger partial charge in [-0.05, 0) is 50.6 Å². The number of rotatable bonds is 6. The highest BCUT2D eigenvalue weighted by molar-refractivity contribution is 6.31. The van der Waals surface area contributed by atoms with Crippen molar-refractivity contribution >= 4 is 11.6 Å². The first kappa shape index (κ1) is 23.6. The number of aryl methyl sites for hydroxylation is 3. The van der Waals surface area contributed by atoms with Gasteiger partial charge < -0.3 is 4.74 Å². The van der Waals surface area contributed by atoms with Crippen LogP contribution in [0.25, 0.3) is 16.9 Å². The zero-order chi connectivity index (χ0) is 24.4. The Morgan fingerprint density at radius 2 is 1.79 bits per heavy atom. The van der Waals surface area contributed by atoms with E-state index >= 15 is 0 Å². The van der Waals surface area contributed by atoms with E-state index in [-0.39, 0.29) is 23.4 Å². The zero-order valence-corrected chi connectivity index (χ0v) is 20.6. The van der Waals surface area contributed by atoms with Crippen molar-refractivity contribution < 1.29 is 4.74 Å². The third kappa shape index (κ3) is 4.84. The minimum atomic E-state index is -0.402. The maximum Gasteiger partial charge on any atom is 0.280 e. The third-order valence-corrected chi connectivity index (χ3v) is 5.68. The molecule has 0 bridgehead atoms. The smallest absolute Gasteiger partial charge is 0.280 e. The molecule has 0 unspecified atom stereocenters. The summed E-state index contributed by atoms with van der Waals surface area (Å²) in [5.74, 6) is 1.53. The predicted molar refractivity (Wildman–Crippen MR) is 133 cm³/mol. The summed E-state index contributed by atoms with van der Waals surface area (Å²) >= 11 is 6.39. The highest BCUT2D eigenvalue weighted by Crippen LogP contribution is 2.26. The molecule has 4 rings (SSSR count). The zero-order valence-electron chi connectivity index (χ0n) is 19.8. The van der Waals surface area contributed by atoms with E-state index in [4.69, 9.17) is 21.3 Å². The van der Waals surface area contributed by atoms with Crippen LogP contribution in [0, 0.1) is 20.8 Å². The average molecular weight is 476 g/mol. The molecule has 0 aliphatic heterocycles. The van der Waals surface area contributed by atoms with Crippen LogP contribution < -0.4 is 10.3 Å². The van der Waals surface area contributed by atoms with E-state index in [0.29, 0.717) is 11.5 Å². The van der Waals surface area contributed by atoms with Crippen LogP contribution in [0.15, 0.2) is 53.5 Å². The van der Waals surface area contributed by atoms with Crippen molar-refractivity contribution in [3.8, 4) is 22.8 Å². The largest absolute Gasteiger partial charge is 0.470 e. The van der Waals surface area contributed by atoms with Gasteiger partial charge in [-0.2, -0.15) is 4.98 Å². The first-order valence-electron chi connectivity index (χ1n) is 11.0. The molecule has 4 aromatic rings. The number of aromatic nitrogens is 5. The first-order valence-corrected chi connectivity index (χ1v) is 11.4. The average Bonchev–Trinajstić information content (AvgIpc) is 2.81. The van der Waals surface area contributed by atoms with Crippen molar-refractivity contribution in [2.45, 2.75) is 47.1 Å². The van der Waals surface area contributed by atoms with Crippen molar-refractivity contribution in [3.05, 3.63) is 92.6 Å². The number of hydrogen-bond donors (Lipinski definition) is 0. The Kier molecular flexibility index (Phi) is 6.75. The highest BCUT2D eigenvalue weighted by atomic mass is 35.5. The van der Waals surface area contributed by atoms with E-state index in [2.05, 4.69) is 28.8 Å². The molecule has 0 N–H and O–H groups in total. The van der Waals surface area contributed by atoms with Gasteiger partial charge in [0.2, 0.25) is 5.88 Å². The normalized spacial score (nSPS) is 11.1. The molecule has 34 heavy (non-hydrogen) atoms. The van der Waals surface area contributed by atoms with Gasteiger partial charge in [-0.25, -0.2) is 9.97 Å². The lowest BCUT2D eigenvalue weighted by Gasteiger charge is -2.15. The van der Waals surface area contributed by atoms with Crippen molar-refractivity contribution in [2.75, 3.05) is 0 Å². The molecule has 0 aliphatic carbocycles. The number of ether oxygens (including phenoxy) is 1. The Balaban J connectivity index is 1.70. The molecular weight excluding hydrogens is 450 g/mol. The summed E-state index contributed by atoms with van der Waals surface area (Å²) < 4.78 is 7.21. The summed E-state index contributed by atoms with van der Waals surface area (Å²) in [6, 6.07) is 13.2. The molecule has 0 aliphatic rings. The lowest BCUT2D eigenvalue weighted by atomic mass is 10.1. The Morgan fingerprint density at radius 1 is 1.03 bits per heavy atom. The molecule has 8 heteroatoms. The summed E-state index contributed by atoms with van der Waals surface area (Å²) in [5, 5.41) is -0.0797. The molecule has 0 radical (unpaired) electrons. The minimum absolute atomic E-state index is 0.0797. The van der Waals surface area contributed by atoms with E-state index in [0.717, 1.165) is 34.0 Å². The van der Waals surface area contributed by atoms with Crippen molar-refractivity contribution in [1.29, 1.82) is 0 Å². The molecule has 7 nitrogen and oxygen atoms in total. The lowest BCUT2D eigenvalue weighted by molar-refractivity contribution is 0.287. The van der Waals surface area contributed by atoms with Crippen molar-refractivity contribution in [3.63, 3.8) is 0 Å². The van der Waals surface area contributed by atoms with Crippen molar-refractivity contribution in [1.82, 2.24) is 24.5 Å². The van der Waals surface area contributed by atoms with E-state index < -0.39 is 5.56 Å². The van der Waals surface area contributed by atoms with Gasteiger partial charge in [0, 0.05) is 23.4 Å². The minimum Gasteiger partial charge on any atom is -0.470 e. The van der Waals surface area contributed by atoms with Gasteiger partial charge >= 0.3 is 0 Å². The molecule has 3 aromatic heterocycles. The lowest BCUT2D eigenvalue weighted by Crippen LogP contribution is -2.23. The summed E-state index contributed by atoms with van der Waals surface area (Å²) in [5.41, 5.74) is 4.52. The summed E-state index contributed by atoms with van der Waals surface area (Å²) in [6.07, 6.45) is 1.83. The molecule has 0 saturated carbocycles. The Labute approximate surface area is 203 Å². The van der Waals surface area contributed by atoms with E-state index in [1.54, 1.807) is 6.92 Å². The monoisotopic (exact) mass is 475 g/mol. The molecule has 3 heterocycles. The number of nitrogens with zero attached hydrogens (tertiary/aromatic N) is 5. The number of pyridine rings is 1. The number of halogens is 1. The van der Waals surface area contributed by atoms with Gasteiger partial charge in [-0.3, -0.25) is 14.3 Å². The fourth-order valence-electron chi connectivity index (χ4n) is 3.62. The van der Waals surface area contributed by atoms with Gasteiger partial charge in [0.15, 0.2) is 5.02 Å². The van der Waals surface area contributed by atoms with Gasteiger partial charge in [0.1, 0.15) is 18.3 Å². The standard InChI is InChI=1S/C26H26ClN5O2/c1-15(2)24-28-13-16(3)23(31-24)19-9-7-11-21(12-19)32-18(5)30-25(22(27)26(32)33)34-14-20-10-6-8-17(4)29-20/h6-13,15H,14H2,1-5H3. The summed E-state index contributed by atoms with van der Waals surface area (Å²) in [4.78, 5) is 31.2. The van der Waals surface area contributed by atoms with Gasteiger partial charge in [0.25, 0.3) is 5.56 Å². The molecule has 0 fully saturated rings. The molecular formula is C26H26ClN5O2. The molecule has 1 aromatic carbocycles. The fraction of sp³-hybridized carbons (Fsp3) is 0.269. The summed E-state index contributed by atoms with van der Waals surface area (Å²) in [6.45, 7) is 9.89. The molecule has 0 atom stereocenters. The maximum atomic E-state index is 13.2. The first-order chi connectivity index (χ1) is 16.2. The van der Waals surface area contributed by atoms with E-state index in [1.165, 1.54) is 4.57 Å². The van der Waals surface area contributed by atoms with Crippen LogP contribution in [-0.4, -0.2) is 24.5 Å². The highest BCUT2D eigenvalue weighted by Gasteiger charge is 2.17. The number of benzene rings is 1. The Bertz CT molecular complexity index is 1410. The molecule has 174 valence electrons. The topological polar surface area (TPSA) is 82.8 Å². The van der Waals surface area contributed by atoms with Crippen LogP contribution in [-0.2, 0) is 6.61 Å². The summed E-state index contributed by atoms with van der Waals surface area (Å²) in [7, 11) is 0. The van der Waals surface area contributed by atoms with Crippen LogP contribution in [0.3, 0.4) is 0 Å². The fourth-order valence-corrected chi connectivity index (χ4v) is 3.80. The molecule has 0 spiro atoms. The van der Waals surface area contributed by atoms with Gasteiger partial charge in [0.05, 0.1) is 17.1 Å². The maximum absolute atomic E-state index is 13.2. The van der Waals surface area contributed by atoms with Crippen LogP contribution >= 0.6 is 11.6 Å². The second-order valence-electron chi connectivity index (χ2n) is 8.44. The van der Waals surface area contributed by atoms with E-state index in [9.17, 15) is 4.79 Å². The quantitative estimate of drug-likeness (QED) is 0.373. The molecule has 0 amide bonds.